The van der Waals surface area contributed by atoms with Crippen molar-refractivity contribution in [2.75, 3.05) is 4.72 Å². The Hall–Kier alpha value is -2.61. The van der Waals surface area contributed by atoms with Crippen molar-refractivity contribution in [2.24, 2.45) is 0 Å². The predicted octanol–water partition coefficient (Wildman–Crippen LogP) is 1.29. The van der Waals surface area contributed by atoms with Crippen LogP contribution >= 0.6 is 0 Å². The Morgan fingerprint density at radius 2 is 1.75 bits per heavy atom. The number of carboxylic acid groups (broad SMARTS) is 1. The molecule has 2 aromatic rings. The number of phenolic OH excluding ortho intramolecular Hbond substituents is 1. The van der Waals surface area contributed by atoms with E-state index in [4.69, 9.17) is 10.2 Å². The molecule has 1 aromatic heterocycles. The van der Waals surface area contributed by atoms with Gasteiger partial charge < -0.3 is 10.2 Å². The number of nitrogens with zero attached hydrogens (tertiary/aromatic N) is 1. The van der Waals surface area contributed by atoms with Gasteiger partial charge in [0.15, 0.2) is 5.03 Å². The molecule has 0 aliphatic heterocycles. The number of benzene rings is 1. The number of carbonyl (C=O) groups is 1. The van der Waals surface area contributed by atoms with Gasteiger partial charge in [-0.05, 0) is 36.4 Å². The molecule has 8 heteroatoms. The lowest BCUT2D eigenvalue weighted by atomic mass is 10.3. The molecule has 0 amide bonds. The van der Waals surface area contributed by atoms with Crippen molar-refractivity contribution in [1.29, 1.82) is 0 Å². The van der Waals surface area contributed by atoms with E-state index in [0.717, 1.165) is 18.3 Å². The SMILES string of the molecule is O=C(O)c1ccc(S(=O)(=O)Nc2ccc(O)cc2)nc1. The van der Waals surface area contributed by atoms with Crippen LogP contribution in [-0.2, 0) is 10.0 Å². The Bertz CT molecular complexity index is 723. The van der Waals surface area contributed by atoms with E-state index in [1.807, 2.05) is 0 Å². The summed E-state index contributed by atoms with van der Waals surface area (Å²) >= 11 is 0. The highest BCUT2D eigenvalue weighted by molar-refractivity contribution is 7.92. The Labute approximate surface area is 114 Å². The number of phenols is 1. The first-order chi connectivity index (χ1) is 9.38. The summed E-state index contributed by atoms with van der Waals surface area (Å²) in [6.07, 6.45) is 0.966. The summed E-state index contributed by atoms with van der Waals surface area (Å²) in [5.41, 5.74) is 0.153. The minimum Gasteiger partial charge on any atom is -0.508 e. The quantitative estimate of drug-likeness (QED) is 0.731. The molecule has 0 saturated heterocycles. The van der Waals surface area contributed by atoms with Crippen LogP contribution in [0.25, 0.3) is 0 Å². The first-order valence-corrected chi connectivity index (χ1v) is 6.88. The topological polar surface area (TPSA) is 117 Å². The molecular weight excluding hydrogens is 284 g/mol. The van der Waals surface area contributed by atoms with E-state index in [0.29, 0.717) is 0 Å². The number of rotatable bonds is 4. The number of pyridine rings is 1. The van der Waals surface area contributed by atoms with Crippen molar-refractivity contribution in [1.82, 2.24) is 4.98 Å². The lowest BCUT2D eigenvalue weighted by Crippen LogP contribution is -2.14. The maximum atomic E-state index is 12.0. The van der Waals surface area contributed by atoms with Crippen LogP contribution < -0.4 is 4.72 Å². The van der Waals surface area contributed by atoms with Crippen molar-refractivity contribution in [3.05, 3.63) is 48.2 Å². The van der Waals surface area contributed by atoms with E-state index in [-0.39, 0.29) is 22.0 Å². The summed E-state index contributed by atoms with van der Waals surface area (Å²) in [6.45, 7) is 0. The van der Waals surface area contributed by atoms with Crippen LogP contribution in [-0.4, -0.2) is 29.6 Å². The van der Waals surface area contributed by atoms with Gasteiger partial charge >= 0.3 is 5.97 Å². The van der Waals surface area contributed by atoms with Crippen LogP contribution in [0, 0.1) is 0 Å². The number of aromatic nitrogens is 1. The fourth-order valence-electron chi connectivity index (χ4n) is 1.40. The normalized spacial score (nSPS) is 11.0. The van der Waals surface area contributed by atoms with Gasteiger partial charge in [-0.25, -0.2) is 9.78 Å². The molecule has 0 radical (unpaired) electrons. The Morgan fingerprint density at radius 1 is 1.10 bits per heavy atom. The molecule has 0 unspecified atom stereocenters. The molecule has 20 heavy (non-hydrogen) atoms. The Morgan fingerprint density at radius 3 is 2.25 bits per heavy atom. The molecule has 0 saturated carbocycles. The number of aromatic carboxylic acids is 1. The molecule has 0 fully saturated rings. The number of sulfonamides is 1. The van der Waals surface area contributed by atoms with Crippen LogP contribution in [0.4, 0.5) is 5.69 Å². The summed E-state index contributed by atoms with van der Waals surface area (Å²) in [6, 6.07) is 7.70. The molecule has 3 N–H and O–H groups in total. The zero-order valence-corrected chi connectivity index (χ0v) is 10.8. The average Bonchev–Trinajstić information content (AvgIpc) is 2.41. The summed E-state index contributed by atoms with van der Waals surface area (Å²) < 4.78 is 26.2. The van der Waals surface area contributed by atoms with Crippen molar-refractivity contribution < 1.29 is 23.4 Å². The van der Waals surface area contributed by atoms with Crippen LogP contribution in [0.3, 0.4) is 0 Å². The van der Waals surface area contributed by atoms with Crippen LogP contribution in [0.2, 0.25) is 0 Å². The fraction of sp³-hybridized carbons (Fsp3) is 0. The number of nitrogens with one attached hydrogen (secondary N) is 1. The third kappa shape index (κ3) is 3.04. The maximum absolute atomic E-state index is 12.0. The second-order valence-electron chi connectivity index (χ2n) is 3.84. The summed E-state index contributed by atoms with van der Waals surface area (Å²) in [5, 5.41) is 17.5. The first-order valence-electron chi connectivity index (χ1n) is 5.40. The summed E-state index contributed by atoms with van der Waals surface area (Å²) in [7, 11) is -3.90. The Balaban J connectivity index is 2.26. The van der Waals surface area contributed by atoms with E-state index >= 15 is 0 Å². The first kappa shape index (κ1) is 13.8. The molecule has 0 aliphatic carbocycles. The van der Waals surface area contributed by atoms with Crippen LogP contribution in [0.15, 0.2) is 47.6 Å². The van der Waals surface area contributed by atoms with E-state index in [1.165, 1.54) is 24.3 Å². The van der Waals surface area contributed by atoms with E-state index < -0.39 is 16.0 Å². The van der Waals surface area contributed by atoms with E-state index in [1.54, 1.807) is 0 Å². The lowest BCUT2D eigenvalue weighted by Gasteiger charge is -2.07. The minimum absolute atomic E-state index is 0.0110. The lowest BCUT2D eigenvalue weighted by molar-refractivity contribution is 0.0696. The highest BCUT2D eigenvalue weighted by atomic mass is 32.2. The summed E-state index contributed by atoms with van der Waals surface area (Å²) in [5.74, 6) is -1.18. The van der Waals surface area contributed by atoms with Crippen LogP contribution in [0.5, 0.6) is 5.75 Å². The number of anilines is 1. The molecule has 1 heterocycles. The van der Waals surface area contributed by atoms with Gasteiger partial charge in [0, 0.05) is 11.9 Å². The largest absolute Gasteiger partial charge is 0.508 e. The number of hydrogen-bond donors (Lipinski definition) is 3. The van der Waals surface area contributed by atoms with Crippen molar-refractivity contribution in [3.8, 4) is 5.75 Å². The van der Waals surface area contributed by atoms with Crippen molar-refractivity contribution in [2.45, 2.75) is 5.03 Å². The van der Waals surface area contributed by atoms with Gasteiger partial charge in [-0.15, -0.1) is 0 Å². The van der Waals surface area contributed by atoms with E-state index in [9.17, 15) is 13.2 Å². The maximum Gasteiger partial charge on any atom is 0.337 e. The number of aromatic hydroxyl groups is 1. The molecule has 0 atom stereocenters. The molecule has 0 spiro atoms. The molecular formula is C12H10N2O5S. The fourth-order valence-corrected chi connectivity index (χ4v) is 2.39. The zero-order valence-electron chi connectivity index (χ0n) is 10.0. The van der Waals surface area contributed by atoms with Gasteiger partial charge in [0.1, 0.15) is 5.75 Å². The molecule has 104 valence electrons. The van der Waals surface area contributed by atoms with Gasteiger partial charge in [-0.1, -0.05) is 0 Å². The molecule has 0 aliphatic rings. The van der Waals surface area contributed by atoms with E-state index in [2.05, 4.69) is 9.71 Å². The predicted molar refractivity (Wildman–Crippen MR) is 70.1 cm³/mol. The summed E-state index contributed by atoms with van der Waals surface area (Å²) in [4.78, 5) is 14.3. The molecule has 2 rings (SSSR count). The molecule has 7 nitrogen and oxygen atoms in total. The van der Waals surface area contributed by atoms with Crippen molar-refractivity contribution >= 4 is 21.7 Å². The minimum atomic E-state index is -3.90. The van der Waals surface area contributed by atoms with Crippen molar-refractivity contribution in [3.63, 3.8) is 0 Å². The van der Waals surface area contributed by atoms with Gasteiger partial charge in [-0.2, -0.15) is 8.42 Å². The second-order valence-corrected chi connectivity index (χ2v) is 5.47. The van der Waals surface area contributed by atoms with Gasteiger partial charge in [0.2, 0.25) is 0 Å². The van der Waals surface area contributed by atoms with Gasteiger partial charge in [0.05, 0.1) is 5.56 Å². The number of hydrogen-bond acceptors (Lipinski definition) is 5. The third-order valence-electron chi connectivity index (χ3n) is 2.38. The smallest absolute Gasteiger partial charge is 0.337 e. The second kappa shape index (κ2) is 5.17. The van der Waals surface area contributed by atoms with Gasteiger partial charge in [0.25, 0.3) is 10.0 Å². The number of carboxylic acids is 1. The molecule has 0 bridgehead atoms. The zero-order chi connectivity index (χ0) is 14.8. The monoisotopic (exact) mass is 294 g/mol. The van der Waals surface area contributed by atoms with Crippen LogP contribution in [0.1, 0.15) is 10.4 Å². The standard InChI is InChI=1S/C12H10N2O5S/c15-10-4-2-9(3-5-10)14-20(18,19)11-6-1-8(7-13-11)12(16)17/h1-7,14-15H,(H,16,17). The Kier molecular flexibility index (Phi) is 3.57. The highest BCUT2D eigenvalue weighted by Crippen LogP contribution is 2.17. The van der Waals surface area contributed by atoms with Gasteiger partial charge in [-0.3, -0.25) is 4.72 Å². The average molecular weight is 294 g/mol. The molecule has 1 aromatic carbocycles. The third-order valence-corrected chi connectivity index (χ3v) is 3.67. The highest BCUT2D eigenvalue weighted by Gasteiger charge is 2.16.